The predicted octanol–water partition coefficient (Wildman–Crippen LogP) is 1.05. The molecule has 0 aromatic rings. The van der Waals surface area contributed by atoms with Gasteiger partial charge in [-0.15, -0.1) is 0 Å². The Bertz CT molecular complexity index is 321. The van der Waals surface area contributed by atoms with Crippen LogP contribution in [0.3, 0.4) is 0 Å². The summed E-state index contributed by atoms with van der Waals surface area (Å²) in [6, 6.07) is 0.157. The molecule has 1 aliphatic carbocycles. The first kappa shape index (κ1) is 14.4. The third kappa shape index (κ3) is 4.02. The molecule has 0 spiro atoms. The van der Waals surface area contributed by atoms with Crippen molar-refractivity contribution in [3.05, 3.63) is 0 Å². The summed E-state index contributed by atoms with van der Waals surface area (Å²) in [7, 11) is -3.89. The van der Waals surface area contributed by atoms with E-state index in [2.05, 4.69) is 10.2 Å². The quantitative estimate of drug-likeness (QED) is 0.349. The Labute approximate surface area is 107 Å². The van der Waals surface area contributed by atoms with E-state index in [0.717, 1.165) is 32.2 Å². The van der Waals surface area contributed by atoms with Crippen LogP contribution < -0.4 is 5.32 Å². The van der Waals surface area contributed by atoms with Gasteiger partial charge in [-0.1, -0.05) is 0 Å². The molecule has 3 unspecified atom stereocenters. The molecular weight excluding hydrogens is 257 g/mol. The molecule has 2 aliphatic rings. The van der Waals surface area contributed by atoms with Crippen LogP contribution in [0, 0.1) is 17.8 Å². The van der Waals surface area contributed by atoms with E-state index in [-0.39, 0.29) is 24.7 Å². The average molecular weight is 279 g/mol. The van der Waals surface area contributed by atoms with Gasteiger partial charge in [0.2, 0.25) is 0 Å². The fraction of sp³-hybridized carbons (Fsp3) is 1.00. The van der Waals surface area contributed by atoms with Crippen molar-refractivity contribution in [3.8, 4) is 0 Å². The summed E-state index contributed by atoms with van der Waals surface area (Å²) in [5.41, 5.74) is 0. The van der Waals surface area contributed by atoms with Crippen LogP contribution in [0.25, 0.3) is 0 Å². The van der Waals surface area contributed by atoms with Gasteiger partial charge in [-0.05, 0) is 50.0 Å². The maximum Gasteiger partial charge on any atom is 0.325 e. The third-order valence-corrected chi connectivity index (χ3v) is 5.27. The van der Waals surface area contributed by atoms with Crippen molar-refractivity contribution in [2.45, 2.75) is 31.7 Å². The molecule has 0 aromatic carbocycles. The molecule has 2 rings (SSSR count). The zero-order valence-corrected chi connectivity index (χ0v) is 11.3. The van der Waals surface area contributed by atoms with Gasteiger partial charge in [-0.3, -0.25) is 9.82 Å². The Morgan fingerprint density at radius 1 is 1.22 bits per heavy atom. The first-order valence-electron chi connectivity index (χ1n) is 6.52. The van der Waals surface area contributed by atoms with E-state index >= 15 is 0 Å². The monoisotopic (exact) mass is 279 g/mol. The first-order valence-corrected chi connectivity index (χ1v) is 8.32. The van der Waals surface area contributed by atoms with Crippen LogP contribution in [0.4, 0.5) is 0 Å². The van der Waals surface area contributed by atoms with Crippen LogP contribution in [0.15, 0.2) is 0 Å². The molecule has 0 aromatic heterocycles. The van der Waals surface area contributed by atoms with Crippen molar-refractivity contribution in [3.63, 3.8) is 0 Å². The summed E-state index contributed by atoms with van der Waals surface area (Å²) >= 11 is 0. The fourth-order valence-electron chi connectivity index (χ4n) is 3.47. The highest BCUT2D eigenvalue weighted by molar-refractivity contribution is 7.51. The minimum Gasteiger partial charge on any atom is -0.324 e. The van der Waals surface area contributed by atoms with E-state index in [0.29, 0.717) is 11.8 Å². The Morgan fingerprint density at radius 2 is 2.00 bits per heavy atom. The molecule has 106 valence electrons. The summed E-state index contributed by atoms with van der Waals surface area (Å²) in [6.07, 6.45) is 3.78. The number of nitrogens with one attached hydrogen (secondary N) is 1. The molecule has 1 saturated carbocycles. The lowest BCUT2D eigenvalue weighted by molar-refractivity contribution is -0.248. The number of piperidine rings is 1. The van der Waals surface area contributed by atoms with Gasteiger partial charge in [-0.2, -0.15) is 0 Å². The predicted molar refractivity (Wildman–Crippen MR) is 66.2 cm³/mol. The molecule has 1 saturated heterocycles. The summed E-state index contributed by atoms with van der Waals surface area (Å²) in [5, 5.41) is 11.8. The van der Waals surface area contributed by atoms with Crippen LogP contribution in [0.2, 0.25) is 0 Å². The molecule has 0 bridgehead atoms. The second-order valence-corrected chi connectivity index (χ2v) is 7.38. The van der Waals surface area contributed by atoms with Gasteiger partial charge in [-0.25, -0.2) is 4.89 Å². The van der Waals surface area contributed by atoms with Crippen molar-refractivity contribution < 1.29 is 24.5 Å². The van der Waals surface area contributed by atoms with Crippen LogP contribution in [0.1, 0.15) is 25.7 Å². The number of hydrogen-bond donors (Lipinski definition) is 4. The SMILES string of the molecule is O=P(O)(O)C[C@H]1CCC2CNC(COO)CC2C1. The highest BCUT2D eigenvalue weighted by Crippen LogP contribution is 2.45. The van der Waals surface area contributed by atoms with Gasteiger partial charge in [0.1, 0.15) is 0 Å². The zero-order chi connectivity index (χ0) is 13.2. The van der Waals surface area contributed by atoms with Crippen molar-refractivity contribution in [2.24, 2.45) is 17.8 Å². The minimum absolute atomic E-state index is 0.0187. The molecule has 2 fully saturated rings. The highest BCUT2D eigenvalue weighted by Gasteiger charge is 2.37. The lowest BCUT2D eigenvalue weighted by Gasteiger charge is -2.42. The molecule has 7 heteroatoms. The van der Waals surface area contributed by atoms with E-state index in [9.17, 15) is 4.57 Å². The van der Waals surface area contributed by atoms with Crippen molar-refractivity contribution in [1.82, 2.24) is 5.32 Å². The first-order chi connectivity index (χ1) is 8.48. The van der Waals surface area contributed by atoms with Crippen LogP contribution in [-0.2, 0) is 9.45 Å². The zero-order valence-electron chi connectivity index (χ0n) is 10.4. The molecule has 0 radical (unpaired) electrons. The van der Waals surface area contributed by atoms with Gasteiger partial charge < -0.3 is 15.1 Å². The van der Waals surface area contributed by atoms with E-state index < -0.39 is 7.60 Å². The topological polar surface area (TPSA) is 99.0 Å². The molecular formula is C11H22NO5P. The van der Waals surface area contributed by atoms with Gasteiger partial charge in [0.25, 0.3) is 0 Å². The molecule has 6 nitrogen and oxygen atoms in total. The van der Waals surface area contributed by atoms with Crippen molar-refractivity contribution in [2.75, 3.05) is 19.3 Å². The lowest BCUT2D eigenvalue weighted by atomic mass is 9.70. The third-order valence-electron chi connectivity index (χ3n) is 4.28. The standard InChI is InChI=1S/C11H22NO5P/c13-17-6-11-4-10-3-8(7-18(14,15)16)1-2-9(10)5-12-11/h8-13H,1-7H2,(H2,14,15,16)/t8-,9?,10?,11?/m0/s1. The largest absolute Gasteiger partial charge is 0.325 e. The second kappa shape index (κ2) is 5.99. The molecule has 4 N–H and O–H groups in total. The van der Waals surface area contributed by atoms with Gasteiger partial charge in [0, 0.05) is 6.04 Å². The Hall–Kier alpha value is 0.0300. The number of rotatable bonds is 4. The number of hydrogen-bond acceptors (Lipinski definition) is 4. The van der Waals surface area contributed by atoms with Crippen molar-refractivity contribution in [1.29, 1.82) is 0 Å². The Kier molecular flexibility index (Phi) is 4.80. The second-order valence-electron chi connectivity index (χ2n) is 5.68. The maximum absolute atomic E-state index is 11.1. The summed E-state index contributed by atoms with van der Waals surface area (Å²) < 4.78 is 11.1. The Morgan fingerprint density at radius 3 is 2.67 bits per heavy atom. The number of fused-ring (bicyclic) bond motifs is 1. The molecule has 1 aliphatic heterocycles. The summed E-state index contributed by atoms with van der Waals surface area (Å²) in [4.78, 5) is 22.3. The van der Waals surface area contributed by atoms with E-state index in [1.165, 1.54) is 0 Å². The maximum atomic E-state index is 11.1. The Balaban J connectivity index is 1.87. The summed E-state index contributed by atoms with van der Waals surface area (Å²) in [5.74, 6) is 1.24. The minimum atomic E-state index is -3.89. The normalized spacial score (nSPS) is 37.3. The fourth-order valence-corrected chi connectivity index (χ4v) is 4.47. The van der Waals surface area contributed by atoms with Crippen LogP contribution in [-0.4, -0.2) is 40.4 Å². The van der Waals surface area contributed by atoms with Gasteiger partial charge in [0.05, 0.1) is 12.8 Å². The average Bonchev–Trinajstić information content (AvgIpc) is 2.27. The highest BCUT2D eigenvalue weighted by atomic mass is 31.2. The van der Waals surface area contributed by atoms with Crippen LogP contribution >= 0.6 is 7.60 Å². The lowest BCUT2D eigenvalue weighted by Crippen LogP contribution is -2.48. The summed E-state index contributed by atoms with van der Waals surface area (Å²) in [6.45, 7) is 1.20. The van der Waals surface area contributed by atoms with Crippen molar-refractivity contribution >= 4 is 7.60 Å². The van der Waals surface area contributed by atoms with Gasteiger partial charge in [0.15, 0.2) is 0 Å². The van der Waals surface area contributed by atoms with Crippen LogP contribution in [0.5, 0.6) is 0 Å². The molecule has 1 heterocycles. The van der Waals surface area contributed by atoms with E-state index in [1.54, 1.807) is 0 Å². The molecule has 4 atom stereocenters. The smallest absolute Gasteiger partial charge is 0.324 e. The van der Waals surface area contributed by atoms with E-state index in [1.807, 2.05) is 0 Å². The van der Waals surface area contributed by atoms with Gasteiger partial charge >= 0.3 is 7.60 Å². The molecule has 0 amide bonds. The van der Waals surface area contributed by atoms with E-state index in [4.69, 9.17) is 15.0 Å². The molecule has 18 heavy (non-hydrogen) atoms.